The zero-order valence-corrected chi connectivity index (χ0v) is 8.28. The minimum atomic E-state index is -0.520. The molecule has 0 aromatic heterocycles. The van der Waals surface area contributed by atoms with Crippen LogP contribution in [-0.4, -0.2) is 11.7 Å². The molecule has 1 aromatic carbocycles. The van der Waals surface area contributed by atoms with Crippen molar-refractivity contribution in [2.24, 2.45) is 0 Å². The van der Waals surface area contributed by atoms with Crippen LogP contribution in [0.5, 0.6) is 0 Å². The van der Waals surface area contributed by atoms with Gasteiger partial charge in [0.2, 0.25) is 5.91 Å². The molecule has 74 valence electrons. The van der Waals surface area contributed by atoms with Gasteiger partial charge in [0.05, 0.1) is 0 Å². The highest BCUT2D eigenvalue weighted by Crippen LogP contribution is 2.12. The minimum Gasteiger partial charge on any atom is -0.342 e. The number of carbonyl (C=O) groups is 2. The first-order valence-corrected chi connectivity index (χ1v) is 4.43. The van der Waals surface area contributed by atoms with E-state index >= 15 is 0 Å². The van der Waals surface area contributed by atoms with Gasteiger partial charge in [0.15, 0.2) is 5.78 Å². The summed E-state index contributed by atoms with van der Waals surface area (Å²) >= 11 is 0. The number of rotatable bonds is 3. The van der Waals surface area contributed by atoms with Crippen LogP contribution in [0.2, 0.25) is 0 Å². The fourth-order valence-electron chi connectivity index (χ4n) is 1.27. The van der Waals surface area contributed by atoms with Crippen LogP contribution in [0.15, 0.2) is 30.3 Å². The number of benzene rings is 1. The number of carbonyl (C=O) groups excluding carboxylic acids is 2. The van der Waals surface area contributed by atoms with Crippen LogP contribution < -0.4 is 5.32 Å². The van der Waals surface area contributed by atoms with Gasteiger partial charge in [0.25, 0.3) is 0 Å². The Labute approximate surface area is 83.1 Å². The number of Topliss-reactive ketones (excluding diaryl/α,β-unsaturated/α-hetero) is 1. The molecule has 1 N–H and O–H groups in total. The van der Waals surface area contributed by atoms with Crippen LogP contribution in [0.1, 0.15) is 25.5 Å². The molecular weight excluding hydrogens is 178 g/mol. The molecule has 0 aliphatic heterocycles. The Kier molecular flexibility index (Phi) is 3.40. The molecule has 3 nitrogen and oxygen atoms in total. The summed E-state index contributed by atoms with van der Waals surface area (Å²) in [4.78, 5) is 22.1. The molecule has 1 rings (SSSR count). The molecule has 0 heterocycles. The standard InChI is InChI=1S/C11H13NO2/c1-8(13)11(12-9(2)14)10-6-4-3-5-7-10/h3-7,11H,1-2H3,(H,12,14)/t11-/m1/s1. The Morgan fingerprint density at radius 3 is 2.14 bits per heavy atom. The van der Waals surface area contributed by atoms with Crippen molar-refractivity contribution in [2.75, 3.05) is 0 Å². The van der Waals surface area contributed by atoms with E-state index in [4.69, 9.17) is 0 Å². The SMILES string of the molecule is CC(=O)N[C@H](C(C)=O)c1ccccc1. The number of hydrogen-bond acceptors (Lipinski definition) is 2. The Hall–Kier alpha value is -1.64. The number of nitrogens with one attached hydrogen (secondary N) is 1. The smallest absolute Gasteiger partial charge is 0.217 e. The lowest BCUT2D eigenvalue weighted by Gasteiger charge is -2.14. The topological polar surface area (TPSA) is 46.2 Å². The van der Waals surface area contributed by atoms with Crippen molar-refractivity contribution in [3.8, 4) is 0 Å². The molecule has 0 spiro atoms. The third-order valence-electron chi connectivity index (χ3n) is 1.89. The van der Waals surface area contributed by atoms with Gasteiger partial charge in [-0.15, -0.1) is 0 Å². The van der Waals surface area contributed by atoms with Crippen LogP contribution in [0, 0.1) is 0 Å². The lowest BCUT2D eigenvalue weighted by atomic mass is 10.0. The van der Waals surface area contributed by atoms with Crippen molar-refractivity contribution >= 4 is 11.7 Å². The van der Waals surface area contributed by atoms with E-state index in [-0.39, 0.29) is 11.7 Å². The summed E-state index contributed by atoms with van der Waals surface area (Å²) in [6.07, 6.45) is 0. The molecule has 0 fully saturated rings. The summed E-state index contributed by atoms with van der Waals surface area (Å²) in [5.74, 6) is -0.263. The third-order valence-corrected chi connectivity index (χ3v) is 1.89. The van der Waals surface area contributed by atoms with Gasteiger partial charge < -0.3 is 5.32 Å². The summed E-state index contributed by atoms with van der Waals surface area (Å²) in [6, 6.07) is 8.67. The van der Waals surface area contributed by atoms with Gasteiger partial charge in [0, 0.05) is 6.92 Å². The predicted molar refractivity (Wildman–Crippen MR) is 53.7 cm³/mol. The number of amides is 1. The largest absolute Gasteiger partial charge is 0.342 e. The maximum absolute atomic E-state index is 11.3. The second kappa shape index (κ2) is 4.56. The highest BCUT2D eigenvalue weighted by Gasteiger charge is 2.16. The van der Waals surface area contributed by atoms with Crippen LogP contribution in [0.25, 0.3) is 0 Å². The van der Waals surface area contributed by atoms with Crippen molar-refractivity contribution < 1.29 is 9.59 Å². The second-order valence-corrected chi connectivity index (χ2v) is 3.15. The van der Waals surface area contributed by atoms with Crippen molar-refractivity contribution in [3.63, 3.8) is 0 Å². The average molecular weight is 191 g/mol. The highest BCUT2D eigenvalue weighted by molar-refractivity contribution is 5.87. The van der Waals surface area contributed by atoms with E-state index in [0.717, 1.165) is 5.56 Å². The monoisotopic (exact) mass is 191 g/mol. The van der Waals surface area contributed by atoms with Crippen molar-refractivity contribution in [3.05, 3.63) is 35.9 Å². The summed E-state index contributed by atoms with van der Waals surface area (Å²) in [5, 5.41) is 2.61. The Bertz CT molecular complexity index is 332. The maximum Gasteiger partial charge on any atom is 0.217 e. The third kappa shape index (κ3) is 2.69. The lowest BCUT2D eigenvalue weighted by Crippen LogP contribution is -2.30. The maximum atomic E-state index is 11.3. The first-order chi connectivity index (χ1) is 6.61. The molecule has 0 saturated heterocycles. The van der Waals surface area contributed by atoms with Gasteiger partial charge in [-0.3, -0.25) is 9.59 Å². The molecular formula is C11H13NO2. The van der Waals surface area contributed by atoms with Gasteiger partial charge in [-0.1, -0.05) is 30.3 Å². The predicted octanol–water partition coefficient (Wildman–Crippen LogP) is 1.45. The number of hydrogen-bond donors (Lipinski definition) is 1. The quantitative estimate of drug-likeness (QED) is 0.786. The fraction of sp³-hybridized carbons (Fsp3) is 0.273. The minimum absolute atomic E-state index is 0.0635. The molecule has 0 aliphatic rings. The average Bonchev–Trinajstić information content (AvgIpc) is 2.15. The molecule has 0 unspecified atom stereocenters. The molecule has 0 radical (unpaired) electrons. The van der Waals surface area contributed by atoms with Crippen molar-refractivity contribution in [2.45, 2.75) is 19.9 Å². The Morgan fingerprint density at radius 2 is 1.71 bits per heavy atom. The first-order valence-electron chi connectivity index (χ1n) is 4.43. The van der Waals surface area contributed by atoms with E-state index < -0.39 is 6.04 Å². The second-order valence-electron chi connectivity index (χ2n) is 3.15. The lowest BCUT2D eigenvalue weighted by molar-refractivity contribution is -0.125. The van der Waals surface area contributed by atoms with Crippen LogP contribution in [0.4, 0.5) is 0 Å². The molecule has 14 heavy (non-hydrogen) atoms. The zero-order valence-electron chi connectivity index (χ0n) is 8.28. The Balaban J connectivity index is 2.89. The number of ketones is 1. The molecule has 0 bridgehead atoms. The summed E-state index contributed by atoms with van der Waals surface area (Å²) in [5.41, 5.74) is 0.815. The van der Waals surface area contributed by atoms with Gasteiger partial charge >= 0.3 is 0 Å². The molecule has 1 atom stereocenters. The molecule has 1 amide bonds. The first kappa shape index (κ1) is 10.4. The van der Waals surface area contributed by atoms with Gasteiger partial charge in [0.1, 0.15) is 6.04 Å². The van der Waals surface area contributed by atoms with Crippen molar-refractivity contribution in [1.82, 2.24) is 5.32 Å². The van der Waals surface area contributed by atoms with E-state index in [2.05, 4.69) is 5.32 Å². The van der Waals surface area contributed by atoms with Crippen molar-refractivity contribution in [1.29, 1.82) is 0 Å². The van der Waals surface area contributed by atoms with Gasteiger partial charge in [-0.05, 0) is 12.5 Å². The molecule has 0 aliphatic carbocycles. The van der Waals surface area contributed by atoms with E-state index in [1.165, 1.54) is 13.8 Å². The van der Waals surface area contributed by atoms with E-state index in [1.54, 1.807) is 0 Å². The summed E-state index contributed by atoms with van der Waals surface area (Å²) in [6.45, 7) is 2.87. The van der Waals surface area contributed by atoms with Crippen LogP contribution >= 0.6 is 0 Å². The Morgan fingerprint density at radius 1 is 1.14 bits per heavy atom. The molecule has 3 heteroatoms. The highest BCUT2D eigenvalue weighted by atomic mass is 16.2. The zero-order chi connectivity index (χ0) is 10.6. The van der Waals surface area contributed by atoms with Gasteiger partial charge in [-0.25, -0.2) is 0 Å². The molecule has 0 saturated carbocycles. The summed E-state index contributed by atoms with van der Waals surface area (Å²) < 4.78 is 0. The van der Waals surface area contributed by atoms with Crippen LogP contribution in [-0.2, 0) is 9.59 Å². The summed E-state index contributed by atoms with van der Waals surface area (Å²) in [7, 11) is 0. The fourth-order valence-corrected chi connectivity index (χ4v) is 1.27. The van der Waals surface area contributed by atoms with Gasteiger partial charge in [-0.2, -0.15) is 0 Å². The van der Waals surface area contributed by atoms with E-state index in [1.807, 2.05) is 30.3 Å². The van der Waals surface area contributed by atoms with E-state index in [9.17, 15) is 9.59 Å². The molecule has 1 aromatic rings. The normalized spacial score (nSPS) is 11.9. The van der Waals surface area contributed by atoms with E-state index in [0.29, 0.717) is 0 Å². The van der Waals surface area contributed by atoms with Crippen LogP contribution in [0.3, 0.4) is 0 Å².